The van der Waals surface area contributed by atoms with Gasteiger partial charge in [-0.15, -0.1) is 0 Å². The van der Waals surface area contributed by atoms with Crippen molar-refractivity contribution in [3.8, 4) is 6.07 Å². The van der Waals surface area contributed by atoms with Gasteiger partial charge in [0.2, 0.25) is 5.91 Å². The molecule has 1 N–H and O–H groups in total. The summed E-state index contributed by atoms with van der Waals surface area (Å²) >= 11 is 0. The van der Waals surface area contributed by atoms with Crippen molar-refractivity contribution in [1.82, 2.24) is 0 Å². The van der Waals surface area contributed by atoms with Crippen LogP contribution < -0.4 is 5.32 Å². The van der Waals surface area contributed by atoms with Crippen molar-refractivity contribution in [3.05, 3.63) is 29.8 Å². The molecule has 2 rings (SSSR count). The summed E-state index contributed by atoms with van der Waals surface area (Å²) < 4.78 is 5.35. The predicted molar refractivity (Wildman–Crippen MR) is 72.6 cm³/mol. The van der Waals surface area contributed by atoms with Gasteiger partial charge in [-0.25, -0.2) is 0 Å². The standard InChI is InChI=1S/C15H18N2O2/c16-10-13-6-1-2-7-14(13)17-15(18)11-19-9-8-12-4-3-5-12/h1-2,6-7,12H,3-5,8-9,11H2,(H,17,18). The second-order valence-electron chi connectivity index (χ2n) is 4.84. The summed E-state index contributed by atoms with van der Waals surface area (Å²) in [7, 11) is 0. The van der Waals surface area contributed by atoms with Crippen LogP contribution in [0, 0.1) is 17.2 Å². The molecule has 0 spiro atoms. The van der Waals surface area contributed by atoms with Crippen LogP contribution in [0.25, 0.3) is 0 Å². The summed E-state index contributed by atoms with van der Waals surface area (Å²) in [6, 6.07) is 8.98. The molecule has 0 radical (unpaired) electrons. The molecule has 1 aromatic rings. The summed E-state index contributed by atoms with van der Waals surface area (Å²) in [5.41, 5.74) is 1.00. The minimum absolute atomic E-state index is 0.0481. The number of carbonyl (C=O) groups excluding carboxylic acids is 1. The molecule has 0 heterocycles. The first kappa shape index (κ1) is 13.6. The zero-order valence-electron chi connectivity index (χ0n) is 10.9. The average Bonchev–Trinajstić information content (AvgIpc) is 2.37. The van der Waals surface area contributed by atoms with Crippen LogP contribution in [0.5, 0.6) is 0 Å². The number of carbonyl (C=O) groups is 1. The third-order valence-corrected chi connectivity index (χ3v) is 3.45. The van der Waals surface area contributed by atoms with E-state index in [-0.39, 0.29) is 12.5 Å². The van der Waals surface area contributed by atoms with Gasteiger partial charge in [-0.2, -0.15) is 5.26 Å². The van der Waals surface area contributed by atoms with Crippen molar-refractivity contribution in [3.63, 3.8) is 0 Å². The Bertz CT molecular complexity index is 475. The molecule has 0 aromatic heterocycles. The molecule has 1 saturated carbocycles. The highest BCUT2D eigenvalue weighted by Crippen LogP contribution is 2.29. The zero-order valence-corrected chi connectivity index (χ0v) is 10.9. The molecule has 1 amide bonds. The van der Waals surface area contributed by atoms with Crippen LogP contribution in [0.4, 0.5) is 5.69 Å². The van der Waals surface area contributed by atoms with E-state index in [1.165, 1.54) is 19.3 Å². The van der Waals surface area contributed by atoms with E-state index in [0.717, 1.165) is 12.3 Å². The average molecular weight is 258 g/mol. The Morgan fingerprint density at radius 1 is 1.42 bits per heavy atom. The number of benzene rings is 1. The SMILES string of the molecule is N#Cc1ccccc1NC(=O)COCCC1CCC1. The van der Waals surface area contributed by atoms with E-state index in [4.69, 9.17) is 10.00 Å². The third-order valence-electron chi connectivity index (χ3n) is 3.45. The number of para-hydroxylation sites is 1. The molecule has 100 valence electrons. The molecule has 1 fully saturated rings. The first-order valence-corrected chi connectivity index (χ1v) is 6.66. The molecule has 0 saturated heterocycles. The summed E-state index contributed by atoms with van der Waals surface area (Å²) in [5, 5.41) is 11.6. The van der Waals surface area contributed by atoms with Crippen molar-refractivity contribution in [2.24, 2.45) is 5.92 Å². The van der Waals surface area contributed by atoms with Gasteiger partial charge >= 0.3 is 0 Å². The Balaban J connectivity index is 1.70. The lowest BCUT2D eigenvalue weighted by molar-refractivity contribution is -0.120. The zero-order chi connectivity index (χ0) is 13.5. The van der Waals surface area contributed by atoms with Gasteiger partial charge in [0.1, 0.15) is 12.7 Å². The fraction of sp³-hybridized carbons (Fsp3) is 0.467. The number of amides is 1. The topological polar surface area (TPSA) is 62.1 Å². The molecule has 0 atom stereocenters. The minimum Gasteiger partial charge on any atom is -0.372 e. The van der Waals surface area contributed by atoms with Gasteiger partial charge in [-0.3, -0.25) is 4.79 Å². The predicted octanol–water partition coefficient (Wildman–Crippen LogP) is 2.70. The largest absolute Gasteiger partial charge is 0.372 e. The van der Waals surface area contributed by atoms with Gasteiger partial charge in [0.25, 0.3) is 0 Å². The van der Waals surface area contributed by atoms with E-state index < -0.39 is 0 Å². The fourth-order valence-electron chi connectivity index (χ4n) is 2.07. The van der Waals surface area contributed by atoms with Crippen molar-refractivity contribution >= 4 is 11.6 Å². The maximum atomic E-state index is 11.7. The summed E-state index contributed by atoms with van der Waals surface area (Å²) in [6.45, 7) is 0.685. The van der Waals surface area contributed by atoms with E-state index in [1.807, 2.05) is 6.07 Å². The number of rotatable bonds is 6. The van der Waals surface area contributed by atoms with Gasteiger partial charge in [0, 0.05) is 6.61 Å². The van der Waals surface area contributed by atoms with Crippen LogP contribution in [0.15, 0.2) is 24.3 Å². The molecule has 1 aliphatic carbocycles. The maximum absolute atomic E-state index is 11.7. The molecule has 1 aromatic carbocycles. The number of nitriles is 1. The van der Waals surface area contributed by atoms with Crippen LogP contribution in [0.2, 0.25) is 0 Å². The van der Waals surface area contributed by atoms with Crippen molar-refractivity contribution in [2.75, 3.05) is 18.5 Å². The van der Waals surface area contributed by atoms with Crippen LogP contribution >= 0.6 is 0 Å². The van der Waals surface area contributed by atoms with Crippen molar-refractivity contribution in [2.45, 2.75) is 25.7 Å². The Labute approximate surface area is 113 Å². The van der Waals surface area contributed by atoms with Gasteiger partial charge in [-0.1, -0.05) is 31.4 Å². The quantitative estimate of drug-likeness (QED) is 0.798. The highest BCUT2D eigenvalue weighted by Gasteiger charge is 2.16. The van der Waals surface area contributed by atoms with Crippen LogP contribution in [0.3, 0.4) is 0 Å². The number of anilines is 1. The lowest BCUT2D eigenvalue weighted by Crippen LogP contribution is -2.20. The van der Waals surface area contributed by atoms with Crippen LogP contribution in [-0.2, 0) is 9.53 Å². The summed E-state index contributed by atoms with van der Waals surface area (Å²) in [4.78, 5) is 11.7. The fourth-order valence-corrected chi connectivity index (χ4v) is 2.07. The van der Waals surface area contributed by atoms with E-state index in [2.05, 4.69) is 5.32 Å². The highest BCUT2D eigenvalue weighted by molar-refractivity contribution is 5.92. The first-order chi connectivity index (χ1) is 9.29. The minimum atomic E-state index is -0.212. The van der Waals surface area contributed by atoms with Crippen molar-refractivity contribution in [1.29, 1.82) is 5.26 Å². The van der Waals surface area contributed by atoms with E-state index in [0.29, 0.717) is 17.9 Å². The van der Waals surface area contributed by atoms with Crippen LogP contribution in [0.1, 0.15) is 31.2 Å². The summed E-state index contributed by atoms with van der Waals surface area (Å²) in [6.07, 6.45) is 4.97. The van der Waals surface area contributed by atoms with Gasteiger partial charge in [0.15, 0.2) is 0 Å². The normalized spacial score (nSPS) is 14.5. The first-order valence-electron chi connectivity index (χ1n) is 6.66. The van der Waals surface area contributed by atoms with Crippen LogP contribution in [-0.4, -0.2) is 19.1 Å². The number of hydrogen-bond acceptors (Lipinski definition) is 3. The molecule has 19 heavy (non-hydrogen) atoms. The molecule has 0 aliphatic heterocycles. The molecule has 0 unspecified atom stereocenters. The lowest BCUT2D eigenvalue weighted by atomic mass is 9.83. The van der Waals surface area contributed by atoms with E-state index in [1.54, 1.807) is 24.3 Å². The highest BCUT2D eigenvalue weighted by atomic mass is 16.5. The molecule has 4 nitrogen and oxygen atoms in total. The van der Waals surface area contributed by atoms with Gasteiger partial charge < -0.3 is 10.1 Å². The van der Waals surface area contributed by atoms with E-state index >= 15 is 0 Å². The van der Waals surface area contributed by atoms with Gasteiger partial charge in [0.05, 0.1) is 11.3 Å². The third kappa shape index (κ3) is 4.08. The lowest BCUT2D eigenvalue weighted by Gasteiger charge is -2.24. The number of hydrogen-bond donors (Lipinski definition) is 1. The Hall–Kier alpha value is -1.86. The van der Waals surface area contributed by atoms with Gasteiger partial charge in [-0.05, 0) is 24.5 Å². The Morgan fingerprint density at radius 3 is 2.89 bits per heavy atom. The smallest absolute Gasteiger partial charge is 0.250 e. The molecular formula is C15H18N2O2. The monoisotopic (exact) mass is 258 g/mol. The molecule has 4 heteroatoms. The number of nitrogens with one attached hydrogen (secondary N) is 1. The summed E-state index contributed by atoms with van der Waals surface area (Å²) in [5.74, 6) is 0.582. The maximum Gasteiger partial charge on any atom is 0.250 e. The molecule has 1 aliphatic rings. The van der Waals surface area contributed by atoms with Crippen molar-refractivity contribution < 1.29 is 9.53 Å². The Kier molecular flexibility index (Phi) is 4.93. The molecular weight excluding hydrogens is 240 g/mol. The number of nitrogens with zero attached hydrogens (tertiary/aromatic N) is 1. The molecule has 0 bridgehead atoms. The number of ether oxygens (including phenoxy) is 1. The second-order valence-corrected chi connectivity index (χ2v) is 4.84. The van der Waals surface area contributed by atoms with E-state index in [9.17, 15) is 4.79 Å². The second kappa shape index (κ2) is 6.91. The Morgan fingerprint density at radius 2 is 2.21 bits per heavy atom.